The van der Waals surface area contributed by atoms with Gasteiger partial charge in [0.2, 0.25) is 5.91 Å². The number of nitro benzene ring substituents is 1. The van der Waals surface area contributed by atoms with Crippen LogP contribution in [0.25, 0.3) is 0 Å². The fourth-order valence-corrected chi connectivity index (χ4v) is 2.98. The summed E-state index contributed by atoms with van der Waals surface area (Å²) in [4.78, 5) is 25.1. The molecule has 2 N–H and O–H groups in total. The van der Waals surface area contributed by atoms with Crippen molar-refractivity contribution in [3.8, 4) is 0 Å². The Bertz CT molecular complexity index is 684. The molecule has 2 aromatic rings. The molecule has 1 aromatic heterocycles. The number of non-ortho nitro benzene ring substituents is 1. The van der Waals surface area contributed by atoms with Gasteiger partial charge in [0.1, 0.15) is 6.04 Å². The molecular weight excluding hydrogens is 278 g/mol. The minimum atomic E-state index is -0.829. The minimum absolute atomic E-state index is 0.0510. The molecular formula is C13H11N3O3S. The first-order valence-electron chi connectivity index (χ1n) is 5.95. The molecule has 102 valence electrons. The van der Waals surface area contributed by atoms with Crippen molar-refractivity contribution < 1.29 is 9.72 Å². The average molecular weight is 289 g/mol. The second kappa shape index (κ2) is 4.69. The number of rotatable bonds is 3. The number of benzene rings is 1. The summed E-state index contributed by atoms with van der Waals surface area (Å²) in [5.41, 5.74) is 6.99. The number of nitro groups is 1. The Morgan fingerprint density at radius 3 is 2.85 bits per heavy atom. The first-order chi connectivity index (χ1) is 9.58. The maximum atomic E-state index is 12.2. The van der Waals surface area contributed by atoms with Crippen LogP contribution in [0, 0.1) is 10.1 Å². The number of hydrogen-bond donors (Lipinski definition) is 1. The largest absolute Gasteiger partial charge is 0.316 e. The summed E-state index contributed by atoms with van der Waals surface area (Å²) in [6.45, 7) is 0.439. The van der Waals surface area contributed by atoms with Gasteiger partial charge in [0.05, 0.1) is 11.5 Å². The van der Waals surface area contributed by atoms with Crippen molar-refractivity contribution in [2.45, 2.75) is 12.6 Å². The van der Waals surface area contributed by atoms with Crippen molar-refractivity contribution in [3.05, 3.63) is 56.3 Å². The molecule has 7 heteroatoms. The lowest BCUT2D eigenvalue weighted by Gasteiger charge is -2.16. The zero-order valence-electron chi connectivity index (χ0n) is 10.4. The monoisotopic (exact) mass is 289 g/mol. The van der Waals surface area contributed by atoms with E-state index in [2.05, 4.69) is 0 Å². The quantitative estimate of drug-likeness (QED) is 0.693. The Balaban J connectivity index is 2.00. The zero-order valence-corrected chi connectivity index (χ0v) is 11.2. The van der Waals surface area contributed by atoms with Gasteiger partial charge in [-0.3, -0.25) is 14.9 Å². The number of carbonyl (C=O) groups excluding carboxylic acids is 1. The van der Waals surface area contributed by atoms with Crippen molar-refractivity contribution in [1.82, 2.24) is 0 Å². The van der Waals surface area contributed by atoms with Gasteiger partial charge in [0.25, 0.3) is 5.69 Å². The van der Waals surface area contributed by atoms with Gasteiger partial charge < -0.3 is 10.6 Å². The van der Waals surface area contributed by atoms with E-state index in [0.29, 0.717) is 17.8 Å². The Morgan fingerprint density at radius 1 is 1.40 bits per heavy atom. The molecule has 0 fully saturated rings. The van der Waals surface area contributed by atoms with Crippen molar-refractivity contribution in [3.63, 3.8) is 0 Å². The van der Waals surface area contributed by atoms with Crippen LogP contribution in [0.15, 0.2) is 35.7 Å². The molecule has 0 aliphatic carbocycles. The third-order valence-electron chi connectivity index (χ3n) is 3.27. The number of fused-ring (bicyclic) bond motifs is 1. The predicted octanol–water partition coefficient (Wildman–Crippen LogP) is 2.20. The van der Waals surface area contributed by atoms with Gasteiger partial charge in [0.15, 0.2) is 0 Å². The molecule has 1 aromatic carbocycles. The highest BCUT2D eigenvalue weighted by Gasteiger charge is 2.36. The van der Waals surface area contributed by atoms with Crippen LogP contribution in [-0.4, -0.2) is 10.8 Å². The predicted molar refractivity (Wildman–Crippen MR) is 75.5 cm³/mol. The number of carbonyl (C=O) groups is 1. The number of anilines is 1. The molecule has 0 saturated heterocycles. The third-order valence-corrected chi connectivity index (χ3v) is 4.14. The van der Waals surface area contributed by atoms with Crippen LogP contribution in [0.5, 0.6) is 0 Å². The standard InChI is InChI=1S/C13H11N3O3S/c14-12-10-6-8(16(18)19)3-4-11(10)15(13(12)17)7-9-2-1-5-20-9/h1-6,12H,7,14H2. The number of thiophene rings is 1. The summed E-state index contributed by atoms with van der Waals surface area (Å²) in [5, 5.41) is 12.7. The Morgan fingerprint density at radius 2 is 2.20 bits per heavy atom. The summed E-state index contributed by atoms with van der Waals surface area (Å²) in [7, 11) is 0. The summed E-state index contributed by atoms with van der Waals surface area (Å²) in [6.07, 6.45) is 0. The van der Waals surface area contributed by atoms with Gasteiger partial charge in [-0.15, -0.1) is 11.3 Å². The van der Waals surface area contributed by atoms with Crippen LogP contribution in [0.2, 0.25) is 0 Å². The van der Waals surface area contributed by atoms with Crippen molar-refractivity contribution in [2.24, 2.45) is 5.73 Å². The van der Waals surface area contributed by atoms with Crippen LogP contribution >= 0.6 is 11.3 Å². The molecule has 1 atom stereocenters. The van der Waals surface area contributed by atoms with Crippen LogP contribution in [0.1, 0.15) is 16.5 Å². The van der Waals surface area contributed by atoms with Crippen molar-refractivity contribution in [2.75, 3.05) is 4.90 Å². The van der Waals surface area contributed by atoms with Crippen LogP contribution in [0.4, 0.5) is 11.4 Å². The van der Waals surface area contributed by atoms with Gasteiger partial charge in [-0.1, -0.05) is 6.07 Å². The molecule has 3 rings (SSSR count). The van der Waals surface area contributed by atoms with E-state index in [9.17, 15) is 14.9 Å². The molecule has 1 amide bonds. The normalized spacial score (nSPS) is 17.4. The molecule has 0 spiro atoms. The topological polar surface area (TPSA) is 89.5 Å². The fourth-order valence-electron chi connectivity index (χ4n) is 2.29. The lowest BCUT2D eigenvalue weighted by Crippen LogP contribution is -2.30. The Kier molecular flexibility index (Phi) is 3.00. The van der Waals surface area contributed by atoms with E-state index in [0.717, 1.165) is 4.88 Å². The molecule has 2 heterocycles. The number of amides is 1. The first-order valence-corrected chi connectivity index (χ1v) is 6.83. The lowest BCUT2D eigenvalue weighted by atomic mass is 10.1. The molecule has 1 unspecified atom stereocenters. The highest BCUT2D eigenvalue weighted by atomic mass is 32.1. The first kappa shape index (κ1) is 12.8. The summed E-state index contributed by atoms with van der Waals surface area (Å²) < 4.78 is 0. The van der Waals surface area contributed by atoms with Gasteiger partial charge in [-0.25, -0.2) is 0 Å². The van der Waals surface area contributed by atoms with Crippen LogP contribution in [0.3, 0.4) is 0 Å². The summed E-state index contributed by atoms with van der Waals surface area (Å²) in [6, 6.07) is 7.39. The summed E-state index contributed by atoms with van der Waals surface area (Å²) >= 11 is 1.55. The molecule has 1 aliphatic heterocycles. The fraction of sp³-hybridized carbons (Fsp3) is 0.154. The van der Waals surface area contributed by atoms with Gasteiger partial charge in [0, 0.05) is 28.3 Å². The summed E-state index contributed by atoms with van der Waals surface area (Å²) in [5.74, 6) is -0.228. The van der Waals surface area contributed by atoms with Crippen LogP contribution in [-0.2, 0) is 11.3 Å². The third kappa shape index (κ3) is 1.97. The second-order valence-corrected chi connectivity index (χ2v) is 5.51. The van der Waals surface area contributed by atoms with E-state index in [1.807, 2.05) is 17.5 Å². The number of nitrogens with zero attached hydrogens (tertiary/aromatic N) is 2. The van der Waals surface area contributed by atoms with E-state index in [1.165, 1.54) is 12.1 Å². The maximum Gasteiger partial charge on any atom is 0.269 e. The molecule has 0 bridgehead atoms. The lowest BCUT2D eigenvalue weighted by molar-refractivity contribution is -0.384. The van der Waals surface area contributed by atoms with Gasteiger partial charge in [-0.05, 0) is 17.5 Å². The van der Waals surface area contributed by atoms with E-state index in [4.69, 9.17) is 5.73 Å². The average Bonchev–Trinajstić information content (AvgIpc) is 3.02. The molecule has 20 heavy (non-hydrogen) atoms. The zero-order chi connectivity index (χ0) is 14.3. The highest BCUT2D eigenvalue weighted by molar-refractivity contribution is 7.09. The molecule has 1 aliphatic rings. The smallest absolute Gasteiger partial charge is 0.269 e. The highest BCUT2D eigenvalue weighted by Crippen LogP contribution is 2.38. The maximum absolute atomic E-state index is 12.2. The number of nitrogens with two attached hydrogens (primary N) is 1. The van der Waals surface area contributed by atoms with Gasteiger partial charge in [-0.2, -0.15) is 0 Å². The molecule has 0 saturated carbocycles. The van der Waals surface area contributed by atoms with E-state index < -0.39 is 11.0 Å². The minimum Gasteiger partial charge on any atom is -0.316 e. The van der Waals surface area contributed by atoms with Gasteiger partial charge >= 0.3 is 0 Å². The molecule has 6 nitrogen and oxygen atoms in total. The SMILES string of the molecule is NC1C(=O)N(Cc2cccs2)c2ccc([N+](=O)[O-])cc21. The van der Waals surface area contributed by atoms with Crippen LogP contribution < -0.4 is 10.6 Å². The Labute approximate surface area is 118 Å². The Hall–Kier alpha value is -2.25. The van der Waals surface area contributed by atoms with E-state index in [-0.39, 0.29) is 11.6 Å². The second-order valence-electron chi connectivity index (χ2n) is 4.48. The van der Waals surface area contributed by atoms with E-state index >= 15 is 0 Å². The molecule has 0 radical (unpaired) electrons. The number of hydrogen-bond acceptors (Lipinski definition) is 5. The van der Waals surface area contributed by atoms with Crippen molar-refractivity contribution in [1.29, 1.82) is 0 Å². The van der Waals surface area contributed by atoms with E-state index in [1.54, 1.807) is 22.3 Å². The van der Waals surface area contributed by atoms with Crippen molar-refractivity contribution >= 4 is 28.6 Å².